The van der Waals surface area contributed by atoms with Crippen LogP contribution in [0.4, 0.5) is 4.79 Å². The molecule has 2 rings (SSSR count). The molecule has 6 heteroatoms. The number of halogens is 1. The first-order chi connectivity index (χ1) is 9.93. The van der Waals surface area contributed by atoms with Crippen LogP contribution < -0.4 is 10.6 Å². The zero-order chi connectivity index (χ0) is 15.5. The Kier molecular flexibility index (Phi) is 4.73. The van der Waals surface area contributed by atoms with Gasteiger partial charge in [-0.2, -0.15) is 0 Å². The first-order valence-electron chi connectivity index (χ1n) is 7.00. The summed E-state index contributed by atoms with van der Waals surface area (Å²) in [6.07, 6.45) is 2.58. The van der Waals surface area contributed by atoms with E-state index in [1.165, 1.54) is 0 Å². The molecule has 114 valence electrons. The van der Waals surface area contributed by atoms with Gasteiger partial charge in [0.25, 0.3) is 0 Å². The number of carbonyl (C=O) groups is 2. The van der Waals surface area contributed by atoms with E-state index in [9.17, 15) is 14.7 Å². The van der Waals surface area contributed by atoms with Crippen molar-refractivity contribution in [2.24, 2.45) is 0 Å². The lowest BCUT2D eigenvalue weighted by molar-refractivity contribution is -0.144. The third-order valence-corrected chi connectivity index (χ3v) is 4.15. The van der Waals surface area contributed by atoms with Crippen molar-refractivity contribution in [3.63, 3.8) is 0 Å². The molecule has 1 atom stereocenters. The maximum Gasteiger partial charge on any atom is 0.329 e. The maximum atomic E-state index is 12.1. The number of aliphatic carboxylic acids is 1. The van der Waals surface area contributed by atoms with Crippen LogP contribution in [-0.4, -0.2) is 22.6 Å². The molecule has 0 saturated heterocycles. The fraction of sp³-hybridized carbons (Fsp3) is 0.467. The molecule has 1 saturated carbocycles. The van der Waals surface area contributed by atoms with Gasteiger partial charge in [0.2, 0.25) is 0 Å². The second-order valence-corrected chi connectivity index (χ2v) is 5.91. The van der Waals surface area contributed by atoms with Crippen molar-refractivity contribution in [2.45, 2.75) is 44.2 Å². The van der Waals surface area contributed by atoms with Gasteiger partial charge in [-0.15, -0.1) is 0 Å². The summed E-state index contributed by atoms with van der Waals surface area (Å²) < 4.78 is 0. The molecule has 0 spiro atoms. The van der Waals surface area contributed by atoms with Crippen LogP contribution in [0.5, 0.6) is 0 Å². The number of nitrogens with one attached hydrogen (secondary N) is 2. The van der Waals surface area contributed by atoms with E-state index in [1.54, 1.807) is 12.1 Å². The van der Waals surface area contributed by atoms with Gasteiger partial charge in [0.05, 0.1) is 6.04 Å². The van der Waals surface area contributed by atoms with Crippen LogP contribution in [0.1, 0.15) is 44.2 Å². The largest absolute Gasteiger partial charge is 0.480 e. The molecule has 0 bridgehead atoms. The number of urea groups is 1. The van der Waals surface area contributed by atoms with Crippen molar-refractivity contribution >= 4 is 23.6 Å². The number of carboxylic acid groups (broad SMARTS) is 1. The minimum absolute atomic E-state index is 0.254. The highest BCUT2D eigenvalue weighted by atomic mass is 35.5. The number of rotatable bonds is 4. The molecule has 0 heterocycles. The molecule has 2 amide bonds. The number of hydrogen-bond acceptors (Lipinski definition) is 2. The highest BCUT2D eigenvalue weighted by Gasteiger charge is 2.42. The zero-order valence-electron chi connectivity index (χ0n) is 11.9. The average molecular weight is 311 g/mol. The summed E-state index contributed by atoms with van der Waals surface area (Å²) in [4.78, 5) is 23.5. The van der Waals surface area contributed by atoms with Gasteiger partial charge in [0.1, 0.15) is 5.54 Å². The molecule has 5 nitrogen and oxygen atoms in total. The molecular weight excluding hydrogens is 292 g/mol. The molecule has 1 fully saturated rings. The van der Waals surface area contributed by atoms with Crippen molar-refractivity contribution in [1.82, 2.24) is 10.6 Å². The van der Waals surface area contributed by atoms with E-state index < -0.39 is 17.5 Å². The third-order valence-electron chi connectivity index (χ3n) is 3.92. The van der Waals surface area contributed by atoms with Crippen molar-refractivity contribution in [3.8, 4) is 0 Å². The summed E-state index contributed by atoms with van der Waals surface area (Å²) in [7, 11) is 0. The number of benzene rings is 1. The third kappa shape index (κ3) is 3.67. The van der Waals surface area contributed by atoms with E-state index in [4.69, 9.17) is 11.6 Å². The SMILES string of the molecule is CC(NC(=O)NC1(C(=O)O)CCCC1)c1cccc(Cl)c1. The number of hydrogen-bond donors (Lipinski definition) is 3. The van der Waals surface area contributed by atoms with Crippen LogP contribution in [0.25, 0.3) is 0 Å². The summed E-state index contributed by atoms with van der Waals surface area (Å²) in [5.74, 6) is -0.967. The Morgan fingerprint density at radius 1 is 1.33 bits per heavy atom. The van der Waals surface area contributed by atoms with Crippen molar-refractivity contribution in [3.05, 3.63) is 34.9 Å². The van der Waals surface area contributed by atoms with Gasteiger partial charge in [-0.25, -0.2) is 9.59 Å². The van der Waals surface area contributed by atoms with Crippen LogP contribution in [0, 0.1) is 0 Å². The van der Waals surface area contributed by atoms with E-state index in [-0.39, 0.29) is 6.04 Å². The maximum absolute atomic E-state index is 12.1. The van der Waals surface area contributed by atoms with Gasteiger partial charge in [-0.3, -0.25) is 0 Å². The van der Waals surface area contributed by atoms with Crippen LogP contribution in [0.2, 0.25) is 5.02 Å². The van der Waals surface area contributed by atoms with E-state index in [2.05, 4.69) is 10.6 Å². The van der Waals surface area contributed by atoms with Gasteiger partial charge < -0.3 is 15.7 Å². The summed E-state index contributed by atoms with van der Waals surface area (Å²) in [5.41, 5.74) is -0.258. The smallest absolute Gasteiger partial charge is 0.329 e. The molecule has 21 heavy (non-hydrogen) atoms. The lowest BCUT2D eigenvalue weighted by Gasteiger charge is -2.26. The fourth-order valence-corrected chi connectivity index (χ4v) is 2.88. The molecule has 0 radical (unpaired) electrons. The predicted octanol–water partition coefficient (Wildman–Crippen LogP) is 3.10. The molecule has 0 aromatic heterocycles. The molecule has 1 aromatic carbocycles. The summed E-state index contributed by atoms with van der Waals surface area (Å²) in [5, 5.41) is 15.3. The first kappa shape index (κ1) is 15.6. The second-order valence-electron chi connectivity index (χ2n) is 5.47. The van der Waals surface area contributed by atoms with Crippen LogP contribution in [-0.2, 0) is 4.79 Å². The lowest BCUT2D eigenvalue weighted by Crippen LogP contribution is -2.55. The zero-order valence-corrected chi connectivity index (χ0v) is 12.6. The highest BCUT2D eigenvalue weighted by Crippen LogP contribution is 2.30. The van der Waals surface area contributed by atoms with Crippen molar-refractivity contribution < 1.29 is 14.7 Å². The van der Waals surface area contributed by atoms with Crippen LogP contribution in [0.15, 0.2) is 24.3 Å². The fourth-order valence-electron chi connectivity index (χ4n) is 2.68. The molecule has 1 aromatic rings. The Hall–Kier alpha value is -1.75. The van der Waals surface area contributed by atoms with E-state index >= 15 is 0 Å². The predicted molar refractivity (Wildman–Crippen MR) is 80.4 cm³/mol. The van der Waals surface area contributed by atoms with E-state index in [0.29, 0.717) is 17.9 Å². The number of amides is 2. The molecule has 0 aliphatic heterocycles. The summed E-state index contributed by atoms with van der Waals surface area (Å²) in [6, 6.07) is 6.48. The molecule has 3 N–H and O–H groups in total. The van der Waals surface area contributed by atoms with E-state index in [1.807, 2.05) is 19.1 Å². The monoisotopic (exact) mass is 310 g/mol. The summed E-state index contributed by atoms with van der Waals surface area (Å²) >= 11 is 5.92. The van der Waals surface area contributed by atoms with Crippen molar-refractivity contribution in [1.29, 1.82) is 0 Å². The molecule has 1 aliphatic carbocycles. The lowest BCUT2D eigenvalue weighted by atomic mass is 9.98. The minimum atomic E-state index is -1.13. The van der Waals surface area contributed by atoms with Gasteiger partial charge in [-0.1, -0.05) is 36.6 Å². The number of carboxylic acids is 1. The number of carbonyl (C=O) groups excluding carboxylic acids is 1. The second kappa shape index (κ2) is 6.35. The van der Waals surface area contributed by atoms with Gasteiger partial charge >= 0.3 is 12.0 Å². The first-order valence-corrected chi connectivity index (χ1v) is 7.38. The Morgan fingerprint density at radius 2 is 2.00 bits per heavy atom. The Balaban J connectivity index is 1.99. The summed E-state index contributed by atoms with van der Waals surface area (Å²) in [6.45, 7) is 1.83. The van der Waals surface area contributed by atoms with Crippen LogP contribution >= 0.6 is 11.6 Å². The van der Waals surface area contributed by atoms with E-state index in [0.717, 1.165) is 18.4 Å². The van der Waals surface area contributed by atoms with Gasteiger partial charge in [0.15, 0.2) is 0 Å². The molecular formula is C15H19ClN2O3. The van der Waals surface area contributed by atoms with Gasteiger partial charge in [-0.05, 0) is 37.5 Å². The minimum Gasteiger partial charge on any atom is -0.480 e. The normalized spacial score (nSPS) is 18.0. The Bertz CT molecular complexity index is 541. The topological polar surface area (TPSA) is 78.4 Å². The Morgan fingerprint density at radius 3 is 2.57 bits per heavy atom. The standard InChI is InChI=1S/C15H19ClN2O3/c1-10(11-5-4-6-12(16)9-11)17-14(21)18-15(13(19)20)7-2-3-8-15/h4-6,9-10H,2-3,7-8H2,1H3,(H,19,20)(H2,17,18,21). The van der Waals surface area contributed by atoms with Gasteiger partial charge in [0, 0.05) is 5.02 Å². The highest BCUT2D eigenvalue weighted by molar-refractivity contribution is 6.30. The Labute approximate surface area is 128 Å². The van der Waals surface area contributed by atoms with Crippen molar-refractivity contribution in [2.75, 3.05) is 0 Å². The quantitative estimate of drug-likeness (QED) is 0.799. The average Bonchev–Trinajstić information content (AvgIpc) is 2.88. The molecule has 1 aliphatic rings. The van der Waals surface area contributed by atoms with Crippen LogP contribution in [0.3, 0.4) is 0 Å². The molecule has 1 unspecified atom stereocenters.